The molecule has 2 aromatic carbocycles. The van der Waals surface area contributed by atoms with Gasteiger partial charge in [-0.25, -0.2) is 13.1 Å². The van der Waals surface area contributed by atoms with E-state index in [9.17, 15) is 21.6 Å². The van der Waals surface area contributed by atoms with Crippen molar-refractivity contribution < 1.29 is 26.3 Å². The Hall–Kier alpha value is -2.26. The minimum Gasteiger partial charge on any atom is -0.455 e. The van der Waals surface area contributed by atoms with Crippen molar-refractivity contribution in [2.75, 3.05) is 12.8 Å². The summed E-state index contributed by atoms with van der Waals surface area (Å²) in [6.45, 7) is 0. The number of rotatable bonds is 4. The fourth-order valence-corrected chi connectivity index (χ4v) is 2.53. The van der Waals surface area contributed by atoms with Crippen molar-refractivity contribution in [3.05, 3.63) is 48.0 Å². The smallest absolute Gasteiger partial charge is 0.416 e. The molecular formula is C14H13F3N2O3S. The van der Waals surface area contributed by atoms with E-state index in [-0.39, 0.29) is 22.1 Å². The normalized spacial score (nSPS) is 12.2. The molecule has 3 N–H and O–H groups in total. The van der Waals surface area contributed by atoms with Gasteiger partial charge in [0.15, 0.2) is 0 Å². The molecule has 0 bridgehead atoms. The minimum absolute atomic E-state index is 0.0151. The van der Waals surface area contributed by atoms with Crippen LogP contribution in [0.4, 0.5) is 18.9 Å². The van der Waals surface area contributed by atoms with Gasteiger partial charge in [0.2, 0.25) is 10.0 Å². The van der Waals surface area contributed by atoms with Gasteiger partial charge >= 0.3 is 6.18 Å². The Labute approximate surface area is 130 Å². The van der Waals surface area contributed by atoms with E-state index in [4.69, 9.17) is 10.5 Å². The average molecular weight is 346 g/mol. The van der Waals surface area contributed by atoms with Gasteiger partial charge in [-0.15, -0.1) is 0 Å². The lowest BCUT2D eigenvalue weighted by Gasteiger charge is -2.12. The maximum Gasteiger partial charge on any atom is 0.416 e. The first kappa shape index (κ1) is 17.1. The Morgan fingerprint density at radius 3 is 2.39 bits per heavy atom. The summed E-state index contributed by atoms with van der Waals surface area (Å²) in [5.41, 5.74) is 4.83. The molecule has 0 radical (unpaired) electrons. The fraction of sp³-hybridized carbons (Fsp3) is 0.143. The molecule has 0 unspecified atom stereocenters. The van der Waals surface area contributed by atoms with Crippen LogP contribution in [-0.2, 0) is 16.2 Å². The maximum absolute atomic E-state index is 12.7. The number of anilines is 1. The molecule has 0 saturated heterocycles. The Balaban J connectivity index is 2.32. The summed E-state index contributed by atoms with van der Waals surface area (Å²) in [7, 11) is -2.42. The largest absolute Gasteiger partial charge is 0.455 e. The minimum atomic E-state index is -4.49. The first-order valence-corrected chi connectivity index (χ1v) is 7.80. The van der Waals surface area contributed by atoms with Crippen molar-refractivity contribution in [3.63, 3.8) is 0 Å². The molecule has 2 rings (SSSR count). The lowest BCUT2D eigenvalue weighted by Crippen LogP contribution is -2.18. The van der Waals surface area contributed by atoms with E-state index in [1.54, 1.807) is 0 Å². The number of hydrogen-bond donors (Lipinski definition) is 2. The summed E-state index contributed by atoms with van der Waals surface area (Å²) in [5.74, 6) is -0.00451. The Morgan fingerprint density at radius 1 is 1.13 bits per heavy atom. The summed E-state index contributed by atoms with van der Waals surface area (Å²) in [6, 6.07) is 7.97. The summed E-state index contributed by atoms with van der Waals surface area (Å²) in [6.07, 6.45) is -4.49. The van der Waals surface area contributed by atoms with Gasteiger partial charge in [-0.05, 0) is 43.4 Å². The van der Waals surface area contributed by atoms with Gasteiger partial charge in [-0.1, -0.05) is 6.07 Å². The van der Waals surface area contributed by atoms with Crippen LogP contribution in [0, 0.1) is 0 Å². The van der Waals surface area contributed by atoms with Crippen LogP contribution < -0.4 is 15.2 Å². The van der Waals surface area contributed by atoms with Gasteiger partial charge < -0.3 is 10.5 Å². The molecule has 0 heterocycles. The SMILES string of the molecule is CNS(=O)(=O)c1ccc(Oc2cccc(C(F)(F)F)c2)c(N)c1. The third kappa shape index (κ3) is 3.93. The van der Waals surface area contributed by atoms with Crippen LogP contribution in [0.3, 0.4) is 0 Å². The summed E-state index contributed by atoms with van der Waals surface area (Å²) in [5, 5.41) is 0. The fourth-order valence-electron chi connectivity index (χ4n) is 1.77. The highest BCUT2D eigenvalue weighted by atomic mass is 32.2. The van der Waals surface area contributed by atoms with Crippen LogP contribution in [0.15, 0.2) is 47.4 Å². The van der Waals surface area contributed by atoms with E-state index in [1.165, 1.54) is 31.3 Å². The van der Waals surface area contributed by atoms with Crippen molar-refractivity contribution in [3.8, 4) is 11.5 Å². The van der Waals surface area contributed by atoms with Crippen LogP contribution in [0.5, 0.6) is 11.5 Å². The second kappa shape index (κ2) is 6.09. The summed E-state index contributed by atoms with van der Waals surface area (Å²) in [4.78, 5) is -0.0751. The van der Waals surface area contributed by atoms with Crippen LogP contribution >= 0.6 is 0 Å². The molecule has 0 atom stereocenters. The number of halogens is 3. The Bertz CT molecular complexity index is 820. The van der Waals surface area contributed by atoms with E-state index >= 15 is 0 Å². The third-order valence-electron chi connectivity index (χ3n) is 2.95. The van der Waals surface area contributed by atoms with E-state index in [2.05, 4.69) is 4.72 Å². The zero-order valence-corrected chi connectivity index (χ0v) is 12.7. The molecular weight excluding hydrogens is 333 g/mol. The highest BCUT2D eigenvalue weighted by Crippen LogP contribution is 2.34. The zero-order chi connectivity index (χ0) is 17.3. The predicted molar refractivity (Wildman–Crippen MR) is 78.6 cm³/mol. The molecule has 0 aromatic heterocycles. The zero-order valence-electron chi connectivity index (χ0n) is 11.9. The Kier molecular flexibility index (Phi) is 4.53. The van der Waals surface area contributed by atoms with Gasteiger partial charge in [0.25, 0.3) is 0 Å². The van der Waals surface area contributed by atoms with Crippen molar-refractivity contribution >= 4 is 15.7 Å². The number of ether oxygens (including phenoxy) is 1. The molecule has 9 heteroatoms. The highest BCUT2D eigenvalue weighted by molar-refractivity contribution is 7.89. The van der Waals surface area contributed by atoms with Crippen molar-refractivity contribution in [1.29, 1.82) is 0 Å². The number of hydrogen-bond acceptors (Lipinski definition) is 4. The number of sulfonamides is 1. The Morgan fingerprint density at radius 2 is 1.83 bits per heavy atom. The number of nitrogens with two attached hydrogens (primary N) is 1. The van der Waals surface area contributed by atoms with Gasteiger partial charge in [-0.3, -0.25) is 0 Å². The molecule has 23 heavy (non-hydrogen) atoms. The number of nitrogen functional groups attached to an aromatic ring is 1. The van der Waals surface area contributed by atoms with Crippen LogP contribution in [-0.4, -0.2) is 15.5 Å². The van der Waals surface area contributed by atoms with E-state index in [0.717, 1.165) is 18.2 Å². The lowest BCUT2D eigenvalue weighted by molar-refractivity contribution is -0.137. The molecule has 124 valence electrons. The number of nitrogens with one attached hydrogen (secondary N) is 1. The van der Waals surface area contributed by atoms with Crippen molar-refractivity contribution in [2.45, 2.75) is 11.1 Å². The molecule has 0 fully saturated rings. The standard InChI is InChI=1S/C14H13F3N2O3S/c1-19-23(20,21)11-5-6-13(12(18)8-11)22-10-4-2-3-9(7-10)14(15,16)17/h2-8,19H,18H2,1H3. The van der Waals surface area contributed by atoms with Crippen LogP contribution in [0.25, 0.3) is 0 Å². The van der Waals surface area contributed by atoms with Gasteiger partial charge in [0.1, 0.15) is 11.5 Å². The van der Waals surface area contributed by atoms with E-state index < -0.39 is 21.8 Å². The summed E-state index contributed by atoms with van der Waals surface area (Å²) >= 11 is 0. The molecule has 0 spiro atoms. The van der Waals surface area contributed by atoms with Crippen molar-refractivity contribution in [2.24, 2.45) is 0 Å². The molecule has 0 aliphatic heterocycles. The predicted octanol–water partition coefficient (Wildman–Crippen LogP) is 2.99. The molecule has 0 aliphatic rings. The molecule has 5 nitrogen and oxygen atoms in total. The summed E-state index contributed by atoms with van der Waals surface area (Å²) < 4.78 is 68.7. The van der Waals surface area contributed by atoms with E-state index in [1.807, 2.05) is 0 Å². The second-order valence-corrected chi connectivity index (χ2v) is 6.42. The van der Waals surface area contributed by atoms with Gasteiger partial charge in [0.05, 0.1) is 16.1 Å². The van der Waals surface area contributed by atoms with Crippen LogP contribution in [0.2, 0.25) is 0 Å². The molecule has 0 amide bonds. The molecule has 2 aromatic rings. The monoisotopic (exact) mass is 346 g/mol. The molecule has 0 saturated carbocycles. The number of alkyl halides is 3. The highest BCUT2D eigenvalue weighted by Gasteiger charge is 2.30. The van der Waals surface area contributed by atoms with Crippen molar-refractivity contribution in [1.82, 2.24) is 4.72 Å². The quantitative estimate of drug-likeness (QED) is 0.834. The first-order valence-electron chi connectivity index (χ1n) is 6.31. The first-order chi connectivity index (χ1) is 10.6. The second-order valence-electron chi connectivity index (χ2n) is 4.53. The molecule has 0 aliphatic carbocycles. The van der Waals surface area contributed by atoms with E-state index in [0.29, 0.717) is 0 Å². The maximum atomic E-state index is 12.7. The average Bonchev–Trinajstić information content (AvgIpc) is 2.48. The lowest BCUT2D eigenvalue weighted by atomic mass is 10.2. The third-order valence-corrected chi connectivity index (χ3v) is 4.36. The van der Waals surface area contributed by atoms with Crippen LogP contribution in [0.1, 0.15) is 5.56 Å². The topological polar surface area (TPSA) is 81.4 Å². The number of benzene rings is 2. The van der Waals surface area contributed by atoms with Gasteiger partial charge in [0, 0.05) is 0 Å². The van der Waals surface area contributed by atoms with Gasteiger partial charge in [-0.2, -0.15) is 13.2 Å².